The van der Waals surface area contributed by atoms with E-state index in [4.69, 9.17) is 51.1 Å². The van der Waals surface area contributed by atoms with Gasteiger partial charge >= 0.3 is 0 Å². The Morgan fingerprint density at radius 3 is 2.31 bits per heavy atom. The van der Waals surface area contributed by atoms with Crippen LogP contribution in [0.4, 0.5) is 5.69 Å². The van der Waals surface area contributed by atoms with Crippen molar-refractivity contribution >= 4 is 58.0 Å². The van der Waals surface area contributed by atoms with E-state index < -0.39 is 9.36 Å². The maximum Gasteiger partial charge on any atom is 0.289 e. The first-order valence-corrected chi connectivity index (χ1v) is 6.00. The van der Waals surface area contributed by atoms with Crippen LogP contribution in [0.3, 0.4) is 0 Å². The maximum atomic E-state index is 5.73. The van der Waals surface area contributed by atoms with Crippen molar-refractivity contribution in [1.82, 2.24) is 0 Å². The first-order valence-electron chi connectivity index (χ1n) is 4.37. The van der Waals surface area contributed by atoms with E-state index in [1.807, 2.05) is 30.3 Å². The highest BCUT2D eigenvalue weighted by atomic mass is 35.5. The van der Waals surface area contributed by atoms with Gasteiger partial charge in [-0.2, -0.15) is 0 Å². The van der Waals surface area contributed by atoms with E-state index in [1.54, 1.807) is 6.92 Å². The zero-order valence-corrected chi connectivity index (χ0v) is 11.4. The summed E-state index contributed by atoms with van der Waals surface area (Å²) in [6.45, 7) is 1.61. The Kier molecular flexibility index (Phi) is 5.19. The zero-order valence-electron chi connectivity index (χ0n) is 8.33. The molecule has 0 aliphatic heterocycles. The number of hydrogen-bond donors (Lipinski definition) is 0. The summed E-state index contributed by atoms with van der Waals surface area (Å²) in [5.74, 6) is 0.280. The van der Waals surface area contributed by atoms with Crippen molar-refractivity contribution < 1.29 is 4.74 Å². The van der Waals surface area contributed by atoms with Crippen LogP contribution in [0.15, 0.2) is 35.3 Å². The number of halogens is 4. The number of alkyl halides is 4. The van der Waals surface area contributed by atoms with Crippen LogP contribution >= 0.6 is 46.4 Å². The molecule has 0 unspecified atom stereocenters. The molecule has 0 N–H and O–H groups in total. The van der Waals surface area contributed by atoms with Crippen LogP contribution in [0.1, 0.15) is 6.92 Å². The molecule has 0 spiro atoms. The molecule has 1 rings (SSSR count). The minimum absolute atomic E-state index is 0.280. The van der Waals surface area contributed by atoms with Crippen LogP contribution < -0.4 is 0 Å². The molecule has 0 aromatic heterocycles. The van der Waals surface area contributed by atoms with Crippen LogP contribution in [0.5, 0.6) is 0 Å². The monoisotopic (exact) mass is 299 g/mol. The number of benzene rings is 1. The smallest absolute Gasteiger partial charge is 0.289 e. The highest BCUT2D eigenvalue weighted by Crippen LogP contribution is 2.33. The molecular weight excluding hydrogens is 292 g/mol. The van der Waals surface area contributed by atoms with Gasteiger partial charge in [0, 0.05) is 6.92 Å². The number of para-hydroxylation sites is 1. The summed E-state index contributed by atoms with van der Waals surface area (Å²) in [4.78, 5) is 3.06. The topological polar surface area (TPSA) is 21.6 Å². The fraction of sp³-hybridized carbons (Fsp3) is 0.300. The van der Waals surface area contributed by atoms with E-state index in [2.05, 4.69) is 4.99 Å². The summed E-state index contributed by atoms with van der Waals surface area (Å²) in [5.41, 5.74) is 0.727. The number of ether oxygens (including phenoxy) is 1. The maximum absolute atomic E-state index is 5.73. The number of aliphatic imine (C=N–C) groups is 1. The minimum atomic E-state index is -1.70. The third-order valence-corrected chi connectivity index (χ3v) is 3.23. The van der Waals surface area contributed by atoms with Crippen molar-refractivity contribution in [2.45, 2.75) is 16.3 Å². The second-order valence-electron chi connectivity index (χ2n) is 2.93. The van der Waals surface area contributed by atoms with Gasteiger partial charge in [-0.3, -0.25) is 0 Å². The van der Waals surface area contributed by atoms with Gasteiger partial charge in [0.05, 0.1) is 5.69 Å². The van der Waals surface area contributed by atoms with Crippen LogP contribution in [0.25, 0.3) is 0 Å². The Labute approximate surface area is 114 Å². The van der Waals surface area contributed by atoms with Gasteiger partial charge in [-0.15, -0.1) is 0 Å². The molecule has 0 aliphatic carbocycles. The fourth-order valence-electron chi connectivity index (χ4n) is 0.949. The van der Waals surface area contributed by atoms with Crippen LogP contribution in [-0.2, 0) is 4.74 Å². The molecule has 0 fully saturated rings. The molecule has 16 heavy (non-hydrogen) atoms. The van der Waals surface area contributed by atoms with Crippen molar-refractivity contribution in [2.24, 2.45) is 4.99 Å². The SMILES string of the molecule is CC(=Nc1ccccc1)OC(Cl)(Cl)C(Cl)Cl. The highest BCUT2D eigenvalue weighted by Gasteiger charge is 2.35. The zero-order chi connectivity index (χ0) is 12.2. The minimum Gasteiger partial charge on any atom is -0.442 e. The Bertz CT molecular complexity index is 364. The lowest BCUT2D eigenvalue weighted by molar-refractivity contribution is 0.240. The largest absolute Gasteiger partial charge is 0.442 e. The van der Waals surface area contributed by atoms with Crippen molar-refractivity contribution in [3.63, 3.8) is 0 Å². The molecule has 0 radical (unpaired) electrons. The summed E-state index contributed by atoms with van der Waals surface area (Å²) < 4.78 is 3.42. The van der Waals surface area contributed by atoms with Gasteiger partial charge in [-0.1, -0.05) is 64.6 Å². The summed E-state index contributed by atoms with van der Waals surface area (Å²) >= 11 is 22.5. The fourth-order valence-corrected chi connectivity index (χ4v) is 1.26. The van der Waals surface area contributed by atoms with E-state index in [-0.39, 0.29) is 5.90 Å². The lowest BCUT2D eigenvalue weighted by Gasteiger charge is -2.21. The third-order valence-electron chi connectivity index (χ3n) is 1.58. The summed E-state index contributed by atoms with van der Waals surface area (Å²) in [5, 5.41) is 0. The van der Waals surface area contributed by atoms with Gasteiger partial charge < -0.3 is 4.74 Å². The molecule has 1 aromatic rings. The Morgan fingerprint density at radius 1 is 1.25 bits per heavy atom. The van der Waals surface area contributed by atoms with E-state index in [0.717, 1.165) is 5.69 Å². The third kappa shape index (κ3) is 4.38. The molecular formula is C10H9Cl4NO. The molecule has 0 amide bonds. The average Bonchev–Trinajstić information content (AvgIpc) is 2.17. The summed E-state index contributed by atoms with van der Waals surface area (Å²) in [7, 11) is 0. The van der Waals surface area contributed by atoms with Crippen LogP contribution in [0.2, 0.25) is 0 Å². The highest BCUT2D eigenvalue weighted by molar-refractivity contribution is 6.59. The standard InChI is InChI=1S/C10H9Cl4NO/c1-7(16-10(13,14)9(11)12)15-8-5-3-2-4-6-8/h2-6,9H,1H3. The molecule has 0 atom stereocenters. The van der Waals surface area contributed by atoms with Crippen molar-refractivity contribution in [2.75, 3.05) is 0 Å². The van der Waals surface area contributed by atoms with Crippen molar-refractivity contribution in [3.8, 4) is 0 Å². The molecule has 1 aromatic carbocycles. The normalized spacial score (nSPS) is 13.0. The second-order valence-corrected chi connectivity index (χ2v) is 5.34. The molecule has 0 saturated heterocycles. The molecule has 6 heteroatoms. The lowest BCUT2D eigenvalue weighted by Crippen LogP contribution is -2.28. The van der Waals surface area contributed by atoms with Gasteiger partial charge in [0.25, 0.3) is 4.52 Å². The van der Waals surface area contributed by atoms with E-state index >= 15 is 0 Å². The van der Waals surface area contributed by atoms with Crippen molar-refractivity contribution in [1.29, 1.82) is 0 Å². The predicted molar refractivity (Wildman–Crippen MR) is 70.2 cm³/mol. The first-order chi connectivity index (χ1) is 7.42. The van der Waals surface area contributed by atoms with E-state index in [0.29, 0.717) is 0 Å². The quantitative estimate of drug-likeness (QED) is 0.451. The summed E-state index contributed by atoms with van der Waals surface area (Å²) in [6, 6.07) is 9.22. The molecule has 0 bridgehead atoms. The molecule has 88 valence electrons. The van der Waals surface area contributed by atoms with Crippen LogP contribution in [-0.4, -0.2) is 15.3 Å². The number of rotatable bonds is 3. The molecule has 0 aliphatic rings. The van der Waals surface area contributed by atoms with Gasteiger partial charge in [0.2, 0.25) is 0 Å². The van der Waals surface area contributed by atoms with E-state index in [1.165, 1.54) is 0 Å². The second kappa shape index (κ2) is 5.97. The lowest BCUT2D eigenvalue weighted by atomic mass is 10.3. The predicted octanol–water partition coefficient (Wildman–Crippen LogP) is 4.69. The molecule has 2 nitrogen and oxygen atoms in total. The average molecular weight is 301 g/mol. The van der Waals surface area contributed by atoms with Gasteiger partial charge in [0.15, 0.2) is 10.7 Å². The Balaban J connectivity index is 2.73. The Morgan fingerprint density at radius 2 is 1.81 bits per heavy atom. The van der Waals surface area contributed by atoms with Gasteiger partial charge in [0.1, 0.15) is 0 Å². The van der Waals surface area contributed by atoms with Crippen molar-refractivity contribution in [3.05, 3.63) is 30.3 Å². The van der Waals surface area contributed by atoms with Crippen LogP contribution in [0, 0.1) is 0 Å². The van der Waals surface area contributed by atoms with Gasteiger partial charge in [-0.25, -0.2) is 4.99 Å². The first kappa shape index (κ1) is 13.9. The molecule has 0 heterocycles. The summed E-state index contributed by atoms with van der Waals surface area (Å²) in [6.07, 6.45) is 0. The van der Waals surface area contributed by atoms with E-state index in [9.17, 15) is 0 Å². The number of hydrogen-bond acceptors (Lipinski definition) is 2. The Hall–Kier alpha value is -0.150. The number of nitrogens with zero attached hydrogens (tertiary/aromatic N) is 1. The van der Waals surface area contributed by atoms with Gasteiger partial charge in [-0.05, 0) is 12.1 Å². The molecule has 0 saturated carbocycles.